The van der Waals surface area contributed by atoms with Crippen molar-refractivity contribution in [3.05, 3.63) is 47.5 Å². The molecule has 1 atom stereocenters. The summed E-state index contributed by atoms with van der Waals surface area (Å²) in [7, 11) is 0. The maximum absolute atomic E-state index is 5.93. The van der Waals surface area contributed by atoms with Gasteiger partial charge in [-0.15, -0.1) is 0 Å². The summed E-state index contributed by atoms with van der Waals surface area (Å²) in [6, 6.07) is 8.39. The summed E-state index contributed by atoms with van der Waals surface area (Å²) in [5.41, 5.74) is 9.42. The predicted octanol–water partition coefficient (Wildman–Crippen LogP) is 2.82. The van der Waals surface area contributed by atoms with Gasteiger partial charge in [0, 0.05) is 0 Å². The first kappa shape index (κ1) is 10.0. The van der Waals surface area contributed by atoms with Gasteiger partial charge in [-0.3, -0.25) is 0 Å². The molecule has 1 heteroatoms. The molecule has 0 amide bonds. The topological polar surface area (TPSA) is 26.0 Å². The van der Waals surface area contributed by atoms with Crippen LogP contribution >= 0.6 is 0 Å². The molecule has 0 aliphatic rings. The lowest BCUT2D eigenvalue weighted by molar-refractivity contribution is 0.849. The SMILES string of the molecule is C=C(C)C(N)c1ccc(CC)cc1. The lowest BCUT2D eigenvalue weighted by atomic mass is 10.0. The van der Waals surface area contributed by atoms with Gasteiger partial charge in [0.15, 0.2) is 0 Å². The first-order chi connectivity index (χ1) is 6.15. The molecule has 0 aromatic heterocycles. The van der Waals surface area contributed by atoms with E-state index in [-0.39, 0.29) is 6.04 Å². The van der Waals surface area contributed by atoms with Crippen molar-refractivity contribution < 1.29 is 0 Å². The summed E-state index contributed by atoms with van der Waals surface area (Å²) in [5, 5.41) is 0. The zero-order valence-corrected chi connectivity index (χ0v) is 8.38. The van der Waals surface area contributed by atoms with Crippen LogP contribution in [0, 0.1) is 0 Å². The van der Waals surface area contributed by atoms with Crippen LogP contribution in [-0.2, 0) is 6.42 Å². The Labute approximate surface area is 80.3 Å². The third kappa shape index (κ3) is 2.43. The number of benzene rings is 1. The molecule has 0 bridgehead atoms. The molecule has 0 fully saturated rings. The second kappa shape index (κ2) is 4.24. The first-order valence-electron chi connectivity index (χ1n) is 4.65. The van der Waals surface area contributed by atoms with Crippen LogP contribution in [0.25, 0.3) is 0 Å². The molecule has 1 rings (SSSR count). The third-order valence-electron chi connectivity index (χ3n) is 2.28. The summed E-state index contributed by atoms with van der Waals surface area (Å²) < 4.78 is 0. The van der Waals surface area contributed by atoms with Gasteiger partial charge in [-0.05, 0) is 24.5 Å². The van der Waals surface area contributed by atoms with Crippen molar-refractivity contribution in [1.29, 1.82) is 0 Å². The van der Waals surface area contributed by atoms with Gasteiger partial charge in [0.05, 0.1) is 6.04 Å². The Hall–Kier alpha value is -1.08. The quantitative estimate of drug-likeness (QED) is 0.702. The molecule has 0 saturated carbocycles. The fraction of sp³-hybridized carbons (Fsp3) is 0.333. The molecule has 0 aliphatic heterocycles. The Morgan fingerprint density at radius 3 is 2.31 bits per heavy atom. The Morgan fingerprint density at radius 1 is 1.38 bits per heavy atom. The standard InChI is InChI=1S/C12H17N/c1-4-10-5-7-11(8-6-10)12(13)9(2)3/h5-8,12H,2,4,13H2,1,3H3. The summed E-state index contributed by atoms with van der Waals surface area (Å²) in [4.78, 5) is 0. The molecule has 0 radical (unpaired) electrons. The van der Waals surface area contributed by atoms with E-state index in [0.29, 0.717) is 0 Å². The molecule has 13 heavy (non-hydrogen) atoms. The molecule has 0 spiro atoms. The zero-order valence-electron chi connectivity index (χ0n) is 8.38. The molecule has 1 unspecified atom stereocenters. The number of hydrogen-bond donors (Lipinski definition) is 1. The van der Waals surface area contributed by atoms with E-state index in [4.69, 9.17) is 5.73 Å². The molecule has 70 valence electrons. The highest BCUT2D eigenvalue weighted by Crippen LogP contribution is 2.17. The lowest BCUT2D eigenvalue weighted by Crippen LogP contribution is -2.10. The van der Waals surface area contributed by atoms with Crippen molar-refractivity contribution in [3.63, 3.8) is 0 Å². The third-order valence-corrected chi connectivity index (χ3v) is 2.28. The van der Waals surface area contributed by atoms with Gasteiger partial charge < -0.3 is 5.73 Å². The first-order valence-corrected chi connectivity index (χ1v) is 4.65. The largest absolute Gasteiger partial charge is 0.321 e. The van der Waals surface area contributed by atoms with Crippen LogP contribution in [0.15, 0.2) is 36.4 Å². The summed E-state index contributed by atoms with van der Waals surface area (Å²) >= 11 is 0. The van der Waals surface area contributed by atoms with E-state index >= 15 is 0 Å². The monoisotopic (exact) mass is 175 g/mol. The normalized spacial score (nSPS) is 12.5. The summed E-state index contributed by atoms with van der Waals surface area (Å²) in [6.45, 7) is 7.95. The predicted molar refractivity (Wildman–Crippen MR) is 57.6 cm³/mol. The van der Waals surface area contributed by atoms with Crippen LogP contribution in [-0.4, -0.2) is 0 Å². The molecule has 2 N–H and O–H groups in total. The minimum absolute atomic E-state index is 0.0223. The van der Waals surface area contributed by atoms with Gasteiger partial charge in [0.2, 0.25) is 0 Å². The Morgan fingerprint density at radius 2 is 1.92 bits per heavy atom. The molecule has 1 aromatic carbocycles. The lowest BCUT2D eigenvalue weighted by Gasteiger charge is -2.11. The summed E-state index contributed by atoms with van der Waals surface area (Å²) in [6.07, 6.45) is 1.07. The van der Waals surface area contributed by atoms with E-state index in [1.165, 1.54) is 5.56 Å². The average molecular weight is 175 g/mol. The Balaban J connectivity index is 2.85. The number of rotatable bonds is 3. The van der Waals surface area contributed by atoms with Gasteiger partial charge in [0.1, 0.15) is 0 Å². The van der Waals surface area contributed by atoms with Gasteiger partial charge in [0.25, 0.3) is 0 Å². The van der Waals surface area contributed by atoms with Gasteiger partial charge in [-0.2, -0.15) is 0 Å². The van der Waals surface area contributed by atoms with E-state index in [1.54, 1.807) is 0 Å². The fourth-order valence-corrected chi connectivity index (χ4v) is 1.25. The molecule has 0 heterocycles. The number of aryl methyl sites for hydroxylation is 1. The maximum Gasteiger partial charge on any atom is 0.0505 e. The second-order valence-electron chi connectivity index (χ2n) is 3.42. The van der Waals surface area contributed by atoms with Crippen LogP contribution in [0.1, 0.15) is 31.0 Å². The van der Waals surface area contributed by atoms with Crippen molar-refractivity contribution in [2.24, 2.45) is 5.73 Å². The smallest absolute Gasteiger partial charge is 0.0505 e. The van der Waals surface area contributed by atoms with Gasteiger partial charge in [-0.25, -0.2) is 0 Å². The highest BCUT2D eigenvalue weighted by molar-refractivity contribution is 5.29. The molecule has 1 aromatic rings. The zero-order chi connectivity index (χ0) is 9.84. The van der Waals surface area contributed by atoms with Crippen molar-refractivity contribution in [2.45, 2.75) is 26.3 Å². The highest BCUT2D eigenvalue weighted by Gasteiger charge is 2.04. The van der Waals surface area contributed by atoms with E-state index in [0.717, 1.165) is 17.6 Å². The number of hydrogen-bond acceptors (Lipinski definition) is 1. The summed E-state index contributed by atoms with van der Waals surface area (Å²) in [5.74, 6) is 0. The van der Waals surface area contributed by atoms with Crippen LogP contribution < -0.4 is 5.73 Å². The molecule has 1 nitrogen and oxygen atoms in total. The van der Waals surface area contributed by atoms with Crippen molar-refractivity contribution in [2.75, 3.05) is 0 Å². The van der Waals surface area contributed by atoms with E-state index in [1.807, 2.05) is 6.92 Å². The van der Waals surface area contributed by atoms with Gasteiger partial charge >= 0.3 is 0 Å². The number of nitrogens with two attached hydrogens (primary N) is 1. The Kier molecular flexibility index (Phi) is 3.26. The van der Waals surface area contributed by atoms with E-state index in [9.17, 15) is 0 Å². The maximum atomic E-state index is 5.93. The molecular formula is C12H17N. The average Bonchev–Trinajstić information content (AvgIpc) is 2.17. The second-order valence-corrected chi connectivity index (χ2v) is 3.42. The van der Waals surface area contributed by atoms with Crippen molar-refractivity contribution in [1.82, 2.24) is 0 Å². The minimum atomic E-state index is -0.0223. The van der Waals surface area contributed by atoms with E-state index in [2.05, 4.69) is 37.8 Å². The fourth-order valence-electron chi connectivity index (χ4n) is 1.25. The van der Waals surface area contributed by atoms with Gasteiger partial charge in [-0.1, -0.05) is 43.3 Å². The van der Waals surface area contributed by atoms with Crippen LogP contribution in [0.3, 0.4) is 0 Å². The Bertz CT molecular complexity index is 284. The molecule has 0 saturated heterocycles. The van der Waals surface area contributed by atoms with Crippen molar-refractivity contribution >= 4 is 0 Å². The minimum Gasteiger partial charge on any atom is -0.321 e. The van der Waals surface area contributed by atoms with Crippen LogP contribution in [0.4, 0.5) is 0 Å². The van der Waals surface area contributed by atoms with Crippen molar-refractivity contribution in [3.8, 4) is 0 Å². The van der Waals surface area contributed by atoms with Crippen LogP contribution in [0.5, 0.6) is 0 Å². The molecule has 0 aliphatic carbocycles. The highest BCUT2D eigenvalue weighted by atomic mass is 14.6. The van der Waals surface area contributed by atoms with E-state index < -0.39 is 0 Å². The molecular weight excluding hydrogens is 158 g/mol. The van der Waals surface area contributed by atoms with Crippen LogP contribution in [0.2, 0.25) is 0 Å².